The van der Waals surface area contributed by atoms with Gasteiger partial charge in [0.25, 0.3) is 0 Å². The Morgan fingerprint density at radius 2 is 1.68 bits per heavy atom. The van der Waals surface area contributed by atoms with Crippen molar-refractivity contribution in [1.29, 1.82) is 0 Å². The Morgan fingerprint density at radius 3 is 2.36 bits per heavy atom. The molecule has 0 aromatic heterocycles. The Kier molecular flexibility index (Phi) is 6.38. The van der Waals surface area contributed by atoms with Gasteiger partial charge in [-0.2, -0.15) is 0 Å². The molecule has 2 aromatic carbocycles. The predicted molar refractivity (Wildman–Crippen MR) is 102 cm³/mol. The summed E-state index contributed by atoms with van der Waals surface area (Å²) < 4.78 is 19.0. The standard InChI is InChI=1S/C21H23FN2O4/c22-17-8-4-5-9-18(17)24-20(26)19(25)23-14-21(27,15-6-2-1-3-7-15)16-10-12-28-13-11-16/h1-9,16,27H,10-14H2,(H,23,25)(H,24,26). The molecule has 0 radical (unpaired) electrons. The van der Waals surface area contributed by atoms with E-state index in [2.05, 4.69) is 10.6 Å². The van der Waals surface area contributed by atoms with Gasteiger partial charge in [0.05, 0.1) is 12.2 Å². The SMILES string of the molecule is O=C(NCC(O)(c1ccccc1)C1CCOCC1)C(=O)Nc1ccccc1F. The fourth-order valence-corrected chi connectivity index (χ4v) is 3.42. The zero-order valence-electron chi connectivity index (χ0n) is 15.4. The maximum Gasteiger partial charge on any atom is 0.313 e. The van der Waals surface area contributed by atoms with Gasteiger partial charge in [0.2, 0.25) is 0 Å². The van der Waals surface area contributed by atoms with Crippen molar-refractivity contribution in [2.75, 3.05) is 25.1 Å². The van der Waals surface area contributed by atoms with Crippen LogP contribution in [0.3, 0.4) is 0 Å². The first-order valence-corrected chi connectivity index (χ1v) is 9.20. The minimum Gasteiger partial charge on any atom is -0.383 e. The van der Waals surface area contributed by atoms with Gasteiger partial charge in [0, 0.05) is 13.2 Å². The normalized spacial score (nSPS) is 16.8. The molecule has 7 heteroatoms. The first-order chi connectivity index (χ1) is 13.5. The van der Waals surface area contributed by atoms with Crippen molar-refractivity contribution in [2.45, 2.75) is 18.4 Å². The zero-order valence-corrected chi connectivity index (χ0v) is 15.4. The number of amides is 2. The first-order valence-electron chi connectivity index (χ1n) is 9.20. The number of anilines is 1. The second-order valence-electron chi connectivity index (χ2n) is 6.79. The van der Waals surface area contributed by atoms with E-state index in [-0.39, 0.29) is 18.2 Å². The second kappa shape index (κ2) is 8.95. The van der Waals surface area contributed by atoms with Gasteiger partial charge in [-0.15, -0.1) is 0 Å². The molecule has 1 heterocycles. The minimum atomic E-state index is -1.33. The Hall–Kier alpha value is -2.77. The smallest absolute Gasteiger partial charge is 0.313 e. The molecule has 6 nitrogen and oxygen atoms in total. The average Bonchev–Trinajstić information content (AvgIpc) is 2.74. The number of aliphatic hydroxyl groups is 1. The molecule has 28 heavy (non-hydrogen) atoms. The maximum absolute atomic E-state index is 13.7. The van der Waals surface area contributed by atoms with Crippen LogP contribution in [-0.2, 0) is 19.9 Å². The molecule has 148 valence electrons. The highest BCUT2D eigenvalue weighted by Gasteiger charge is 2.39. The van der Waals surface area contributed by atoms with Gasteiger partial charge < -0.3 is 20.5 Å². The third kappa shape index (κ3) is 4.55. The molecule has 0 bridgehead atoms. The largest absolute Gasteiger partial charge is 0.383 e. The highest BCUT2D eigenvalue weighted by molar-refractivity contribution is 6.39. The van der Waals surface area contributed by atoms with E-state index < -0.39 is 23.2 Å². The molecule has 0 saturated carbocycles. The molecule has 1 fully saturated rings. The fraction of sp³-hybridized carbons (Fsp3) is 0.333. The van der Waals surface area contributed by atoms with Crippen LogP contribution in [0.25, 0.3) is 0 Å². The lowest BCUT2D eigenvalue weighted by atomic mass is 9.77. The lowest BCUT2D eigenvalue weighted by molar-refractivity contribution is -0.137. The highest BCUT2D eigenvalue weighted by Crippen LogP contribution is 2.35. The van der Waals surface area contributed by atoms with Crippen molar-refractivity contribution < 1.29 is 23.8 Å². The molecule has 1 aliphatic rings. The molecule has 0 aliphatic carbocycles. The maximum atomic E-state index is 13.7. The van der Waals surface area contributed by atoms with E-state index in [0.717, 1.165) is 0 Å². The molecule has 0 spiro atoms. The summed E-state index contributed by atoms with van der Waals surface area (Å²) >= 11 is 0. The summed E-state index contributed by atoms with van der Waals surface area (Å²) in [6.07, 6.45) is 1.28. The van der Waals surface area contributed by atoms with Gasteiger partial charge in [-0.3, -0.25) is 9.59 Å². The molecule has 1 unspecified atom stereocenters. The van der Waals surface area contributed by atoms with Gasteiger partial charge in [0.1, 0.15) is 11.4 Å². The third-order valence-corrected chi connectivity index (χ3v) is 5.02. The van der Waals surface area contributed by atoms with Crippen LogP contribution in [0.2, 0.25) is 0 Å². The van der Waals surface area contributed by atoms with Crippen molar-refractivity contribution in [3.8, 4) is 0 Å². The van der Waals surface area contributed by atoms with Crippen molar-refractivity contribution in [1.82, 2.24) is 5.32 Å². The molecule has 1 atom stereocenters. The summed E-state index contributed by atoms with van der Waals surface area (Å²) in [5.41, 5.74) is -0.749. The van der Waals surface area contributed by atoms with Crippen LogP contribution in [0, 0.1) is 11.7 Å². The number of benzene rings is 2. The van der Waals surface area contributed by atoms with E-state index >= 15 is 0 Å². The van der Waals surface area contributed by atoms with Crippen molar-refractivity contribution in [3.63, 3.8) is 0 Å². The Balaban J connectivity index is 1.70. The number of rotatable bonds is 5. The number of carbonyl (C=O) groups is 2. The van der Waals surface area contributed by atoms with Crippen LogP contribution in [-0.4, -0.2) is 36.7 Å². The van der Waals surface area contributed by atoms with E-state index in [4.69, 9.17) is 4.74 Å². The van der Waals surface area contributed by atoms with E-state index in [0.29, 0.717) is 31.6 Å². The summed E-state index contributed by atoms with van der Waals surface area (Å²) in [6, 6.07) is 14.6. The van der Waals surface area contributed by atoms with E-state index in [1.165, 1.54) is 18.2 Å². The zero-order chi connectivity index (χ0) is 20.0. The molecule has 3 rings (SSSR count). The Labute approximate surface area is 162 Å². The monoisotopic (exact) mass is 386 g/mol. The molecular formula is C21H23FN2O4. The number of para-hydroxylation sites is 1. The van der Waals surface area contributed by atoms with E-state index in [1.807, 2.05) is 18.2 Å². The summed E-state index contributed by atoms with van der Waals surface area (Å²) in [5.74, 6) is -2.69. The van der Waals surface area contributed by atoms with Crippen LogP contribution in [0.15, 0.2) is 54.6 Å². The van der Waals surface area contributed by atoms with E-state index in [9.17, 15) is 19.1 Å². The number of halogens is 1. The van der Waals surface area contributed by atoms with Crippen LogP contribution in [0.1, 0.15) is 18.4 Å². The van der Waals surface area contributed by atoms with Gasteiger partial charge in [-0.05, 0) is 36.5 Å². The van der Waals surface area contributed by atoms with Crippen LogP contribution in [0.4, 0.5) is 10.1 Å². The number of nitrogens with one attached hydrogen (secondary N) is 2. The quantitative estimate of drug-likeness (QED) is 0.688. The minimum absolute atomic E-state index is 0.0783. The molecule has 1 aliphatic heterocycles. The van der Waals surface area contributed by atoms with E-state index in [1.54, 1.807) is 18.2 Å². The number of carbonyl (C=O) groups excluding carboxylic acids is 2. The molecule has 3 N–H and O–H groups in total. The van der Waals surface area contributed by atoms with Crippen LogP contribution >= 0.6 is 0 Å². The number of ether oxygens (including phenoxy) is 1. The summed E-state index contributed by atoms with van der Waals surface area (Å²) in [7, 11) is 0. The summed E-state index contributed by atoms with van der Waals surface area (Å²) in [4.78, 5) is 24.3. The van der Waals surface area contributed by atoms with Crippen molar-refractivity contribution >= 4 is 17.5 Å². The molecule has 1 saturated heterocycles. The number of hydrogen-bond acceptors (Lipinski definition) is 4. The molecule has 2 aromatic rings. The van der Waals surface area contributed by atoms with Crippen LogP contribution < -0.4 is 10.6 Å². The summed E-state index contributed by atoms with van der Waals surface area (Å²) in [5, 5.41) is 16.1. The van der Waals surface area contributed by atoms with Crippen molar-refractivity contribution in [2.24, 2.45) is 5.92 Å². The van der Waals surface area contributed by atoms with Gasteiger partial charge >= 0.3 is 11.8 Å². The molecule has 2 amide bonds. The lowest BCUT2D eigenvalue weighted by Crippen LogP contribution is -2.49. The molecular weight excluding hydrogens is 363 g/mol. The number of hydrogen-bond donors (Lipinski definition) is 3. The van der Waals surface area contributed by atoms with Gasteiger partial charge in [-0.25, -0.2) is 4.39 Å². The van der Waals surface area contributed by atoms with Crippen molar-refractivity contribution in [3.05, 3.63) is 66.0 Å². The summed E-state index contributed by atoms with van der Waals surface area (Å²) in [6.45, 7) is 0.925. The third-order valence-electron chi connectivity index (χ3n) is 5.02. The lowest BCUT2D eigenvalue weighted by Gasteiger charge is -2.39. The van der Waals surface area contributed by atoms with Crippen LogP contribution in [0.5, 0.6) is 0 Å². The van der Waals surface area contributed by atoms with Gasteiger partial charge in [0.15, 0.2) is 0 Å². The topological polar surface area (TPSA) is 87.7 Å². The van der Waals surface area contributed by atoms with Gasteiger partial charge in [-0.1, -0.05) is 42.5 Å². The fourth-order valence-electron chi connectivity index (χ4n) is 3.42. The Morgan fingerprint density at radius 1 is 1.04 bits per heavy atom. The predicted octanol–water partition coefficient (Wildman–Crippen LogP) is 2.19. The second-order valence-corrected chi connectivity index (χ2v) is 6.79. The highest BCUT2D eigenvalue weighted by atomic mass is 19.1. The average molecular weight is 386 g/mol. The first kappa shape index (κ1) is 20.0. The Bertz CT molecular complexity index is 824.